The minimum atomic E-state index is -0.0717. The van der Waals surface area contributed by atoms with E-state index in [1.807, 2.05) is 40.1 Å². The van der Waals surface area contributed by atoms with E-state index < -0.39 is 0 Å². The van der Waals surface area contributed by atoms with Crippen LogP contribution in [0, 0.1) is 0 Å². The highest BCUT2D eigenvalue weighted by Gasteiger charge is 2.36. The first-order chi connectivity index (χ1) is 14.2. The summed E-state index contributed by atoms with van der Waals surface area (Å²) < 4.78 is 5.11. The predicted molar refractivity (Wildman–Crippen MR) is 111 cm³/mol. The van der Waals surface area contributed by atoms with Crippen LogP contribution in [0.25, 0.3) is 10.8 Å². The largest absolute Gasteiger partial charge is 0.383 e. The van der Waals surface area contributed by atoms with Gasteiger partial charge in [0.2, 0.25) is 5.91 Å². The second kappa shape index (κ2) is 8.88. The number of hydrogen-bond acceptors (Lipinski definition) is 5. The topological polar surface area (TPSA) is 66.0 Å². The van der Waals surface area contributed by atoms with Crippen LogP contribution in [0.1, 0.15) is 23.3 Å². The molecule has 3 heterocycles. The second-order valence-electron chi connectivity index (χ2n) is 7.68. The summed E-state index contributed by atoms with van der Waals surface area (Å²) in [5.74, 6) is 0.167. The Morgan fingerprint density at radius 1 is 1.14 bits per heavy atom. The van der Waals surface area contributed by atoms with Crippen molar-refractivity contribution in [2.45, 2.75) is 18.9 Å². The third-order valence-electron chi connectivity index (χ3n) is 5.97. The van der Waals surface area contributed by atoms with Gasteiger partial charge in [0.1, 0.15) is 5.69 Å². The molecule has 2 aliphatic heterocycles. The standard InChI is InChI=1S/C22H28N4O3/c1-29-16-15-26-12-8-19(21(26)27)24-10-4-11-25(14-13-24)22(28)20-18-6-3-2-5-17(18)7-9-23-20/h2-3,5-7,9,19H,4,8,10-16H2,1H3. The van der Waals surface area contributed by atoms with E-state index in [0.717, 1.165) is 36.7 Å². The van der Waals surface area contributed by atoms with Crippen LogP contribution < -0.4 is 0 Å². The maximum Gasteiger partial charge on any atom is 0.273 e. The van der Waals surface area contributed by atoms with Crippen LogP contribution in [0.3, 0.4) is 0 Å². The van der Waals surface area contributed by atoms with Crippen LogP contribution in [-0.4, -0.2) is 90.5 Å². The fourth-order valence-corrected chi connectivity index (χ4v) is 4.38. The molecule has 29 heavy (non-hydrogen) atoms. The van der Waals surface area contributed by atoms with E-state index >= 15 is 0 Å². The molecule has 0 spiro atoms. The Kier molecular flexibility index (Phi) is 6.06. The van der Waals surface area contributed by atoms with Gasteiger partial charge in [0, 0.05) is 58.0 Å². The van der Waals surface area contributed by atoms with Gasteiger partial charge in [-0.1, -0.05) is 24.3 Å². The highest BCUT2D eigenvalue weighted by Crippen LogP contribution is 2.21. The molecule has 7 nitrogen and oxygen atoms in total. The maximum atomic E-state index is 13.2. The summed E-state index contributed by atoms with van der Waals surface area (Å²) in [6, 6.07) is 9.71. The molecule has 154 valence electrons. The van der Waals surface area contributed by atoms with Gasteiger partial charge in [0.25, 0.3) is 5.91 Å². The molecule has 4 rings (SSSR count). The van der Waals surface area contributed by atoms with Crippen molar-refractivity contribution in [2.24, 2.45) is 0 Å². The molecule has 2 amide bonds. The first kappa shape index (κ1) is 19.8. The van der Waals surface area contributed by atoms with Gasteiger partial charge in [-0.25, -0.2) is 0 Å². The number of benzene rings is 1. The Hall–Kier alpha value is -2.51. The first-order valence-corrected chi connectivity index (χ1v) is 10.3. The van der Waals surface area contributed by atoms with Crippen molar-refractivity contribution in [2.75, 3.05) is 53.0 Å². The Balaban J connectivity index is 1.43. The van der Waals surface area contributed by atoms with Crippen LogP contribution in [0.15, 0.2) is 36.5 Å². The summed E-state index contributed by atoms with van der Waals surface area (Å²) in [4.78, 5) is 36.3. The van der Waals surface area contributed by atoms with Crippen molar-refractivity contribution in [1.82, 2.24) is 19.7 Å². The van der Waals surface area contributed by atoms with Crippen molar-refractivity contribution in [3.05, 3.63) is 42.2 Å². The average molecular weight is 396 g/mol. The number of carbonyl (C=O) groups is 2. The predicted octanol–water partition coefficient (Wildman–Crippen LogP) is 1.63. The molecule has 2 saturated heterocycles. The summed E-state index contributed by atoms with van der Waals surface area (Å²) >= 11 is 0. The van der Waals surface area contributed by atoms with Crippen LogP contribution in [0.2, 0.25) is 0 Å². The number of fused-ring (bicyclic) bond motifs is 1. The fraction of sp³-hybridized carbons (Fsp3) is 0.500. The van der Waals surface area contributed by atoms with Crippen molar-refractivity contribution in [1.29, 1.82) is 0 Å². The van der Waals surface area contributed by atoms with Gasteiger partial charge < -0.3 is 14.5 Å². The smallest absolute Gasteiger partial charge is 0.273 e. The fourth-order valence-electron chi connectivity index (χ4n) is 4.38. The Bertz CT molecular complexity index is 882. The number of rotatable bonds is 5. The molecule has 0 aliphatic carbocycles. The number of likely N-dealkylation sites (tertiary alicyclic amines) is 1. The number of hydrogen-bond donors (Lipinski definition) is 0. The van der Waals surface area contributed by atoms with Gasteiger partial charge in [-0.05, 0) is 24.3 Å². The average Bonchev–Trinajstić information content (AvgIpc) is 2.96. The molecule has 1 aromatic heterocycles. The zero-order valence-corrected chi connectivity index (χ0v) is 16.9. The molecule has 1 unspecified atom stereocenters. The molecule has 7 heteroatoms. The molecular weight excluding hydrogens is 368 g/mol. The van der Waals surface area contributed by atoms with E-state index in [2.05, 4.69) is 9.88 Å². The van der Waals surface area contributed by atoms with Gasteiger partial charge >= 0.3 is 0 Å². The highest BCUT2D eigenvalue weighted by atomic mass is 16.5. The summed E-state index contributed by atoms with van der Waals surface area (Å²) in [6.45, 7) is 4.86. The van der Waals surface area contributed by atoms with Crippen molar-refractivity contribution < 1.29 is 14.3 Å². The minimum Gasteiger partial charge on any atom is -0.383 e. The van der Waals surface area contributed by atoms with E-state index in [9.17, 15) is 9.59 Å². The molecule has 1 aromatic carbocycles. The first-order valence-electron chi connectivity index (χ1n) is 10.3. The molecule has 0 saturated carbocycles. The van der Waals surface area contributed by atoms with Crippen LogP contribution in [0.5, 0.6) is 0 Å². The van der Waals surface area contributed by atoms with E-state index in [-0.39, 0.29) is 17.9 Å². The number of aromatic nitrogens is 1. The number of carbonyl (C=O) groups excluding carboxylic acids is 2. The lowest BCUT2D eigenvalue weighted by Gasteiger charge is -2.26. The second-order valence-corrected chi connectivity index (χ2v) is 7.68. The molecule has 0 N–H and O–H groups in total. The van der Waals surface area contributed by atoms with Crippen LogP contribution in [-0.2, 0) is 9.53 Å². The Labute approximate surface area is 171 Å². The number of pyridine rings is 1. The molecule has 2 fully saturated rings. The lowest BCUT2D eigenvalue weighted by Crippen LogP contribution is -2.44. The van der Waals surface area contributed by atoms with E-state index in [1.165, 1.54) is 0 Å². The van der Waals surface area contributed by atoms with Crippen molar-refractivity contribution in [3.8, 4) is 0 Å². The van der Waals surface area contributed by atoms with Gasteiger partial charge in [-0.15, -0.1) is 0 Å². The molecule has 1 atom stereocenters. The van der Waals surface area contributed by atoms with Gasteiger partial charge in [-0.2, -0.15) is 0 Å². The SMILES string of the molecule is COCCN1CCC(N2CCCN(C(=O)c3nccc4ccccc34)CC2)C1=O. The summed E-state index contributed by atoms with van der Waals surface area (Å²) in [5, 5.41) is 1.91. The van der Waals surface area contributed by atoms with Crippen molar-refractivity contribution >= 4 is 22.6 Å². The maximum absolute atomic E-state index is 13.2. The zero-order chi connectivity index (χ0) is 20.2. The van der Waals surface area contributed by atoms with E-state index in [0.29, 0.717) is 38.5 Å². The van der Waals surface area contributed by atoms with Crippen LogP contribution >= 0.6 is 0 Å². The number of ether oxygens (including phenoxy) is 1. The molecule has 0 bridgehead atoms. The molecular formula is C22H28N4O3. The third kappa shape index (κ3) is 4.11. The monoisotopic (exact) mass is 396 g/mol. The molecule has 0 radical (unpaired) electrons. The van der Waals surface area contributed by atoms with Gasteiger partial charge in [-0.3, -0.25) is 19.5 Å². The number of nitrogens with zero attached hydrogens (tertiary/aromatic N) is 4. The normalized spacial score (nSPS) is 21.0. The Morgan fingerprint density at radius 2 is 2.00 bits per heavy atom. The lowest BCUT2D eigenvalue weighted by atomic mass is 10.1. The highest BCUT2D eigenvalue weighted by molar-refractivity contribution is 6.05. The van der Waals surface area contributed by atoms with Crippen molar-refractivity contribution in [3.63, 3.8) is 0 Å². The van der Waals surface area contributed by atoms with E-state index in [1.54, 1.807) is 13.3 Å². The summed E-state index contributed by atoms with van der Waals surface area (Å²) in [6.07, 6.45) is 3.41. The number of methoxy groups -OCH3 is 1. The third-order valence-corrected chi connectivity index (χ3v) is 5.97. The Morgan fingerprint density at radius 3 is 2.86 bits per heavy atom. The molecule has 2 aliphatic rings. The zero-order valence-electron chi connectivity index (χ0n) is 16.9. The molecule has 2 aromatic rings. The lowest BCUT2D eigenvalue weighted by molar-refractivity contribution is -0.132. The summed E-state index contributed by atoms with van der Waals surface area (Å²) in [7, 11) is 1.66. The quantitative estimate of drug-likeness (QED) is 0.769. The van der Waals surface area contributed by atoms with Crippen LogP contribution in [0.4, 0.5) is 0 Å². The van der Waals surface area contributed by atoms with E-state index in [4.69, 9.17) is 4.74 Å². The van der Waals surface area contributed by atoms with Gasteiger partial charge in [0.05, 0.1) is 12.6 Å². The van der Waals surface area contributed by atoms with Gasteiger partial charge in [0.15, 0.2) is 0 Å². The minimum absolute atomic E-state index is 0.0249. The number of amides is 2. The summed E-state index contributed by atoms with van der Waals surface area (Å²) in [5.41, 5.74) is 0.513.